The number of amides is 1. The van der Waals surface area contributed by atoms with Crippen molar-refractivity contribution in [3.05, 3.63) is 71.0 Å². The molecule has 0 unspecified atom stereocenters. The molecule has 1 saturated heterocycles. The van der Waals surface area contributed by atoms with Crippen molar-refractivity contribution < 1.29 is 19.1 Å². The van der Waals surface area contributed by atoms with Gasteiger partial charge in [0, 0.05) is 38.3 Å². The maximum atomic E-state index is 13.3. The fourth-order valence-corrected chi connectivity index (χ4v) is 3.15. The number of aromatic carboxylic acids is 1. The molecule has 6 heteroatoms. The van der Waals surface area contributed by atoms with Crippen LogP contribution in [0.2, 0.25) is 0 Å². The van der Waals surface area contributed by atoms with Crippen LogP contribution in [0, 0.1) is 5.82 Å². The van der Waals surface area contributed by atoms with Gasteiger partial charge in [-0.2, -0.15) is 0 Å². The van der Waals surface area contributed by atoms with Gasteiger partial charge in [0.25, 0.3) is 5.91 Å². The zero-order valence-electron chi connectivity index (χ0n) is 14.4. The van der Waals surface area contributed by atoms with Crippen LogP contribution in [-0.2, 0) is 6.54 Å². The predicted octanol–water partition coefficient (Wildman–Crippen LogP) is 2.87. The summed E-state index contributed by atoms with van der Waals surface area (Å²) in [6.45, 7) is 3.52. The van der Waals surface area contributed by atoms with Gasteiger partial charge in [0.15, 0.2) is 0 Å². The third-order valence-electron chi connectivity index (χ3n) is 4.55. The van der Waals surface area contributed by atoms with Gasteiger partial charge in [-0.15, -0.1) is 0 Å². The van der Waals surface area contributed by atoms with E-state index in [1.165, 1.54) is 12.1 Å². The van der Waals surface area contributed by atoms with Gasteiger partial charge in [0.1, 0.15) is 5.82 Å². The first-order valence-corrected chi connectivity index (χ1v) is 8.62. The van der Waals surface area contributed by atoms with Crippen LogP contribution in [0.4, 0.5) is 4.39 Å². The fourth-order valence-electron chi connectivity index (χ4n) is 3.15. The maximum absolute atomic E-state index is 13.3. The zero-order valence-corrected chi connectivity index (χ0v) is 14.4. The number of halogens is 1. The second-order valence-electron chi connectivity index (χ2n) is 6.43. The van der Waals surface area contributed by atoms with E-state index < -0.39 is 11.8 Å². The van der Waals surface area contributed by atoms with Crippen LogP contribution in [-0.4, -0.2) is 53.0 Å². The highest BCUT2D eigenvalue weighted by molar-refractivity contribution is 5.94. The molecular weight excluding hydrogens is 335 g/mol. The number of hydrogen-bond acceptors (Lipinski definition) is 3. The Kier molecular flexibility index (Phi) is 5.63. The molecule has 2 aromatic carbocycles. The highest BCUT2D eigenvalue weighted by Crippen LogP contribution is 2.13. The molecule has 0 bridgehead atoms. The van der Waals surface area contributed by atoms with Crippen molar-refractivity contribution in [2.75, 3.05) is 26.2 Å². The Morgan fingerprint density at radius 1 is 0.962 bits per heavy atom. The normalized spacial score (nSPS) is 15.5. The number of rotatable bonds is 4. The Hall–Kier alpha value is -2.73. The lowest BCUT2D eigenvalue weighted by Gasteiger charge is -2.22. The highest BCUT2D eigenvalue weighted by Gasteiger charge is 2.20. The van der Waals surface area contributed by atoms with Gasteiger partial charge in [-0.1, -0.05) is 18.2 Å². The van der Waals surface area contributed by atoms with Crippen LogP contribution >= 0.6 is 0 Å². The van der Waals surface area contributed by atoms with Gasteiger partial charge in [-0.25, -0.2) is 9.18 Å². The molecule has 3 rings (SSSR count). The second-order valence-corrected chi connectivity index (χ2v) is 6.43. The number of carboxylic acids is 1. The lowest BCUT2D eigenvalue weighted by atomic mass is 10.1. The molecule has 0 radical (unpaired) electrons. The van der Waals surface area contributed by atoms with E-state index in [0.717, 1.165) is 25.1 Å². The lowest BCUT2D eigenvalue weighted by Crippen LogP contribution is -2.35. The molecule has 1 N–H and O–H groups in total. The Morgan fingerprint density at radius 2 is 1.73 bits per heavy atom. The maximum Gasteiger partial charge on any atom is 0.335 e. The molecule has 2 aromatic rings. The molecular formula is C20H21FN2O3. The third kappa shape index (κ3) is 4.46. The fraction of sp³-hybridized carbons (Fsp3) is 0.300. The van der Waals surface area contributed by atoms with E-state index in [2.05, 4.69) is 4.90 Å². The average molecular weight is 356 g/mol. The topological polar surface area (TPSA) is 60.9 Å². The van der Waals surface area contributed by atoms with Crippen LogP contribution in [0.1, 0.15) is 32.7 Å². The molecule has 0 spiro atoms. The number of carbonyl (C=O) groups excluding carboxylic acids is 1. The largest absolute Gasteiger partial charge is 0.478 e. The summed E-state index contributed by atoms with van der Waals surface area (Å²) in [5.74, 6) is -1.48. The van der Waals surface area contributed by atoms with Crippen molar-refractivity contribution in [2.24, 2.45) is 0 Å². The van der Waals surface area contributed by atoms with E-state index in [1.54, 1.807) is 29.2 Å². The number of hydrogen-bond donors (Lipinski definition) is 1. The summed E-state index contributed by atoms with van der Waals surface area (Å²) in [6.07, 6.45) is 0.842. The minimum absolute atomic E-state index is 0.142. The molecule has 26 heavy (non-hydrogen) atoms. The number of benzene rings is 2. The molecule has 1 amide bonds. The lowest BCUT2D eigenvalue weighted by molar-refractivity contribution is 0.0695. The quantitative estimate of drug-likeness (QED) is 0.915. The molecule has 1 aliphatic rings. The highest BCUT2D eigenvalue weighted by atomic mass is 19.1. The van der Waals surface area contributed by atoms with Crippen molar-refractivity contribution in [3.8, 4) is 0 Å². The Labute approximate surface area is 151 Å². The van der Waals surface area contributed by atoms with E-state index >= 15 is 0 Å². The van der Waals surface area contributed by atoms with Gasteiger partial charge >= 0.3 is 5.97 Å². The first-order valence-electron chi connectivity index (χ1n) is 8.62. The summed E-state index contributed by atoms with van der Waals surface area (Å²) >= 11 is 0. The first-order chi connectivity index (χ1) is 12.5. The van der Waals surface area contributed by atoms with E-state index in [0.29, 0.717) is 25.2 Å². The predicted molar refractivity (Wildman–Crippen MR) is 95.6 cm³/mol. The van der Waals surface area contributed by atoms with Crippen molar-refractivity contribution in [2.45, 2.75) is 13.0 Å². The van der Waals surface area contributed by atoms with Gasteiger partial charge in [-0.3, -0.25) is 9.69 Å². The van der Waals surface area contributed by atoms with Crippen LogP contribution in [0.3, 0.4) is 0 Å². The smallest absolute Gasteiger partial charge is 0.335 e. The molecule has 1 fully saturated rings. The van der Waals surface area contributed by atoms with E-state index in [1.807, 2.05) is 12.1 Å². The summed E-state index contributed by atoms with van der Waals surface area (Å²) in [7, 11) is 0. The second kappa shape index (κ2) is 8.10. The average Bonchev–Trinajstić information content (AvgIpc) is 2.87. The molecule has 0 aromatic heterocycles. The minimum Gasteiger partial charge on any atom is -0.478 e. The van der Waals surface area contributed by atoms with Crippen LogP contribution in [0.15, 0.2) is 48.5 Å². The Balaban J connectivity index is 1.59. The van der Waals surface area contributed by atoms with E-state index in [-0.39, 0.29) is 11.5 Å². The summed E-state index contributed by atoms with van der Waals surface area (Å²) in [5.41, 5.74) is 1.69. The van der Waals surface area contributed by atoms with Crippen molar-refractivity contribution in [1.82, 2.24) is 9.80 Å². The van der Waals surface area contributed by atoms with E-state index in [9.17, 15) is 14.0 Å². The summed E-state index contributed by atoms with van der Waals surface area (Å²) in [6, 6.07) is 12.6. The van der Waals surface area contributed by atoms with Crippen molar-refractivity contribution >= 4 is 11.9 Å². The Morgan fingerprint density at radius 3 is 2.42 bits per heavy atom. The molecule has 1 aliphatic heterocycles. The number of carbonyl (C=O) groups is 2. The first kappa shape index (κ1) is 18.1. The van der Waals surface area contributed by atoms with Gasteiger partial charge in [0.2, 0.25) is 0 Å². The Bertz CT molecular complexity index is 792. The molecule has 0 aliphatic carbocycles. The SMILES string of the molecule is O=C(O)c1ccc(CN2CCCN(C(=O)c3cccc(F)c3)CC2)cc1. The van der Waals surface area contributed by atoms with Gasteiger partial charge in [-0.05, 0) is 42.3 Å². The summed E-state index contributed by atoms with van der Waals surface area (Å²) in [4.78, 5) is 27.5. The summed E-state index contributed by atoms with van der Waals surface area (Å²) < 4.78 is 13.3. The number of carboxylic acid groups (broad SMARTS) is 1. The number of nitrogens with zero attached hydrogens (tertiary/aromatic N) is 2. The summed E-state index contributed by atoms with van der Waals surface area (Å²) in [5, 5.41) is 8.96. The minimum atomic E-state index is -0.933. The van der Waals surface area contributed by atoms with Crippen molar-refractivity contribution in [3.63, 3.8) is 0 Å². The van der Waals surface area contributed by atoms with Crippen LogP contribution in [0.25, 0.3) is 0 Å². The molecule has 0 atom stereocenters. The monoisotopic (exact) mass is 356 g/mol. The molecule has 5 nitrogen and oxygen atoms in total. The van der Waals surface area contributed by atoms with Gasteiger partial charge in [0.05, 0.1) is 5.56 Å². The third-order valence-corrected chi connectivity index (χ3v) is 4.55. The molecule has 0 saturated carbocycles. The van der Waals surface area contributed by atoms with Crippen molar-refractivity contribution in [1.29, 1.82) is 0 Å². The van der Waals surface area contributed by atoms with E-state index in [4.69, 9.17) is 5.11 Å². The molecule has 136 valence electrons. The van der Waals surface area contributed by atoms with Crippen LogP contribution in [0.5, 0.6) is 0 Å². The van der Waals surface area contributed by atoms with Crippen LogP contribution < -0.4 is 0 Å². The van der Waals surface area contributed by atoms with Gasteiger partial charge < -0.3 is 10.0 Å². The standard InChI is InChI=1S/C20H21FN2O3/c21-18-4-1-3-17(13-18)19(24)23-10-2-9-22(11-12-23)14-15-5-7-16(8-6-15)20(25)26/h1,3-8,13H,2,9-12,14H2,(H,25,26). The molecule has 1 heterocycles. The zero-order chi connectivity index (χ0) is 18.5.